The maximum absolute atomic E-state index is 10.8. The second-order valence-corrected chi connectivity index (χ2v) is 6.20. The van der Waals surface area contributed by atoms with Gasteiger partial charge in [0, 0.05) is 1.43 Å². The van der Waals surface area contributed by atoms with Crippen molar-refractivity contribution in [3.05, 3.63) is 29.8 Å². The topological polar surface area (TPSA) is 92.8 Å². The number of hydrogen-bond donors (Lipinski definition) is 3. The minimum absolute atomic E-state index is 0. The van der Waals surface area contributed by atoms with E-state index in [0.717, 1.165) is 11.0 Å². The first kappa shape index (κ1) is 17.7. The van der Waals surface area contributed by atoms with Gasteiger partial charge in [0.1, 0.15) is 6.04 Å². The van der Waals surface area contributed by atoms with Crippen LogP contribution in [0.1, 0.15) is 34.7 Å². The second-order valence-electron chi connectivity index (χ2n) is 6.20. The van der Waals surface area contributed by atoms with E-state index in [0.29, 0.717) is 0 Å². The van der Waals surface area contributed by atoms with Crippen LogP contribution in [-0.2, 0) is 15.9 Å². The highest BCUT2D eigenvalue weighted by Crippen LogP contribution is 2.24. The Kier molecular flexibility index (Phi) is 5.56. The number of carboxylic acid groups (broad SMARTS) is 1. The molecule has 1 aromatic rings. The molecule has 0 aliphatic rings. The largest absolute Gasteiger partial charge is 0.480 e. The van der Waals surface area contributed by atoms with Crippen molar-refractivity contribution >= 4 is 18.9 Å². The molecule has 6 heteroatoms. The molecule has 0 bridgehead atoms. The van der Waals surface area contributed by atoms with Gasteiger partial charge in [0.05, 0.1) is 11.2 Å². The lowest BCUT2D eigenvalue weighted by molar-refractivity contribution is -0.138. The molecule has 0 fully saturated rings. The molecular weight excluding hydrogens is 269 g/mol. The lowest BCUT2D eigenvalue weighted by Gasteiger charge is -2.37. The van der Waals surface area contributed by atoms with E-state index in [1.54, 1.807) is 35.2 Å². The van der Waals surface area contributed by atoms with E-state index < -0.39 is 23.2 Å². The van der Waals surface area contributed by atoms with Crippen molar-refractivity contribution in [1.82, 2.24) is 0 Å². The summed E-state index contributed by atoms with van der Waals surface area (Å²) in [6.45, 7) is 6.97. The Bertz CT molecular complexity index is 503. The Morgan fingerprint density at radius 1 is 1.43 bits per heavy atom. The first-order valence-corrected chi connectivity index (χ1v) is 6.84. The van der Waals surface area contributed by atoms with Crippen molar-refractivity contribution in [2.24, 2.45) is 5.73 Å². The molecule has 0 amide bonds. The lowest BCUT2D eigenvalue weighted by atomic mass is 9.82. The maximum atomic E-state index is 10.8. The van der Waals surface area contributed by atoms with Crippen LogP contribution in [0, 0.1) is 0 Å². The van der Waals surface area contributed by atoms with Crippen LogP contribution in [0.4, 0.5) is 0 Å². The van der Waals surface area contributed by atoms with Gasteiger partial charge in [-0.2, -0.15) is 0 Å². The van der Waals surface area contributed by atoms with E-state index in [9.17, 15) is 9.90 Å². The van der Waals surface area contributed by atoms with E-state index in [4.69, 9.17) is 15.5 Å². The van der Waals surface area contributed by atoms with Crippen molar-refractivity contribution in [1.29, 1.82) is 0 Å². The van der Waals surface area contributed by atoms with E-state index in [1.165, 1.54) is 0 Å². The van der Waals surface area contributed by atoms with Gasteiger partial charge in [-0.25, -0.2) is 0 Å². The van der Waals surface area contributed by atoms with Crippen molar-refractivity contribution in [3.8, 4) is 0 Å². The van der Waals surface area contributed by atoms with Gasteiger partial charge in [-0.1, -0.05) is 29.7 Å². The summed E-state index contributed by atoms with van der Waals surface area (Å²) in [6.07, 6.45) is 0.256. The molecule has 0 saturated heterocycles. The molecule has 5 nitrogen and oxygen atoms in total. The molecule has 4 N–H and O–H groups in total. The van der Waals surface area contributed by atoms with Gasteiger partial charge in [-0.3, -0.25) is 4.79 Å². The third-order valence-corrected chi connectivity index (χ3v) is 3.69. The Labute approximate surface area is 127 Å². The fourth-order valence-corrected chi connectivity index (χ4v) is 1.49. The van der Waals surface area contributed by atoms with E-state index in [1.807, 2.05) is 24.3 Å². The number of carbonyl (C=O) groups is 1. The van der Waals surface area contributed by atoms with E-state index >= 15 is 0 Å². The van der Waals surface area contributed by atoms with Crippen LogP contribution in [0.15, 0.2) is 24.3 Å². The van der Waals surface area contributed by atoms with Gasteiger partial charge in [-0.05, 0) is 39.7 Å². The summed E-state index contributed by atoms with van der Waals surface area (Å²) in [5.74, 6) is -1.02. The highest BCUT2D eigenvalue weighted by atomic mass is 16.5. The molecule has 0 saturated carbocycles. The molecule has 0 heterocycles. The Morgan fingerprint density at radius 3 is 2.57 bits per heavy atom. The molecule has 0 aliphatic carbocycles. The summed E-state index contributed by atoms with van der Waals surface area (Å²) in [7, 11) is 1.56. The standard InChI is InChI=1S/C15H23BNO4.H2/c1-14(2,20)15(3,4)21-16-11-7-5-6-10(8-11)9-12(17)13(18)19;/h5-8,12,20H,9,17H2,1-4H3,(H,18,19);1H/t12-;/m0./s1. The van der Waals surface area contributed by atoms with Crippen LogP contribution in [0.3, 0.4) is 0 Å². The number of aliphatic carboxylic acids is 1. The summed E-state index contributed by atoms with van der Waals surface area (Å²) in [4.78, 5) is 10.8. The molecule has 21 heavy (non-hydrogen) atoms. The summed E-state index contributed by atoms with van der Waals surface area (Å²) in [5.41, 5.74) is 5.40. The smallest absolute Gasteiger partial charge is 0.330 e. The van der Waals surface area contributed by atoms with Crippen molar-refractivity contribution in [2.75, 3.05) is 0 Å². The molecule has 0 unspecified atom stereocenters. The lowest BCUT2D eigenvalue weighted by Crippen LogP contribution is -2.49. The minimum atomic E-state index is -1.02. The summed E-state index contributed by atoms with van der Waals surface area (Å²) >= 11 is 0. The monoisotopic (exact) mass is 294 g/mol. The highest BCUT2D eigenvalue weighted by Gasteiger charge is 2.35. The summed E-state index contributed by atoms with van der Waals surface area (Å²) < 4.78 is 5.66. The van der Waals surface area contributed by atoms with Gasteiger partial charge in [0.2, 0.25) is 0 Å². The fourth-order valence-electron chi connectivity index (χ4n) is 1.49. The molecular formula is C15H25BNO4. The second kappa shape index (κ2) is 6.60. The van der Waals surface area contributed by atoms with Crippen LogP contribution in [0.5, 0.6) is 0 Å². The molecule has 117 valence electrons. The minimum Gasteiger partial charge on any atom is -0.480 e. The number of nitrogens with two attached hydrogens (primary N) is 1. The summed E-state index contributed by atoms with van der Waals surface area (Å²) in [6, 6.07) is 6.38. The number of aliphatic hydroxyl groups is 1. The quantitative estimate of drug-likeness (QED) is 0.644. The molecule has 0 aliphatic heterocycles. The van der Waals surface area contributed by atoms with Gasteiger partial charge in [-0.15, -0.1) is 0 Å². The zero-order valence-corrected chi connectivity index (χ0v) is 13.0. The molecule has 0 spiro atoms. The summed E-state index contributed by atoms with van der Waals surface area (Å²) in [5, 5.41) is 18.9. The SMILES string of the molecule is CC(C)(O)C(C)(C)O[B]c1cccc(C[C@H](N)C(=O)O)c1.[HH]. The van der Waals surface area contributed by atoms with Crippen LogP contribution in [0.25, 0.3) is 0 Å². The number of rotatable bonds is 7. The first-order chi connectivity index (χ1) is 9.53. The van der Waals surface area contributed by atoms with Gasteiger partial charge in [0.25, 0.3) is 0 Å². The molecule has 1 atom stereocenters. The van der Waals surface area contributed by atoms with Crippen molar-refractivity contribution in [3.63, 3.8) is 0 Å². The molecule has 0 aromatic heterocycles. The third-order valence-electron chi connectivity index (χ3n) is 3.69. The van der Waals surface area contributed by atoms with Crippen LogP contribution < -0.4 is 11.2 Å². The Hall–Kier alpha value is -1.37. The molecule has 1 radical (unpaired) electrons. The third kappa shape index (κ3) is 5.15. The van der Waals surface area contributed by atoms with Crippen molar-refractivity contribution in [2.45, 2.75) is 51.4 Å². The van der Waals surface area contributed by atoms with Crippen LogP contribution in [0.2, 0.25) is 0 Å². The highest BCUT2D eigenvalue weighted by molar-refractivity contribution is 6.47. The predicted octanol–water partition coefficient (Wildman–Crippen LogP) is 0.698. The molecule has 1 aromatic carbocycles. The predicted molar refractivity (Wildman–Crippen MR) is 84.7 cm³/mol. The van der Waals surface area contributed by atoms with E-state index in [-0.39, 0.29) is 7.85 Å². The zero-order chi connectivity index (χ0) is 16.3. The average molecular weight is 294 g/mol. The molecule has 1 rings (SSSR count). The van der Waals surface area contributed by atoms with Gasteiger partial charge < -0.3 is 20.6 Å². The van der Waals surface area contributed by atoms with Crippen molar-refractivity contribution < 1.29 is 21.1 Å². The number of benzene rings is 1. The van der Waals surface area contributed by atoms with Crippen LogP contribution in [-0.4, -0.2) is 40.9 Å². The number of carboxylic acids is 1. The average Bonchev–Trinajstić information content (AvgIpc) is 2.35. The van der Waals surface area contributed by atoms with E-state index in [2.05, 4.69) is 0 Å². The first-order valence-electron chi connectivity index (χ1n) is 6.84. The normalized spacial score (nSPS) is 13.8. The van der Waals surface area contributed by atoms with Crippen LogP contribution >= 0.6 is 0 Å². The number of hydrogen-bond acceptors (Lipinski definition) is 4. The Balaban J connectivity index is 0.00000441. The zero-order valence-electron chi connectivity index (χ0n) is 13.0. The Morgan fingerprint density at radius 2 is 2.05 bits per heavy atom. The fraction of sp³-hybridized carbons (Fsp3) is 0.533. The van der Waals surface area contributed by atoms with Gasteiger partial charge >= 0.3 is 13.5 Å². The van der Waals surface area contributed by atoms with Gasteiger partial charge in [0.15, 0.2) is 0 Å². The maximum Gasteiger partial charge on any atom is 0.330 e.